The van der Waals surface area contributed by atoms with Gasteiger partial charge in [-0.25, -0.2) is 0 Å². The van der Waals surface area contributed by atoms with Gasteiger partial charge in [0.1, 0.15) is 45.1 Å². The lowest BCUT2D eigenvalue weighted by atomic mass is 10.3. The molecule has 6 heteroatoms. The minimum absolute atomic E-state index is 0.0840. The molecule has 0 radical (unpaired) electrons. The molecule has 1 saturated heterocycles. The van der Waals surface area contributed by atoms with Gasteiger partial charge in [-0.2, -0.15) is 0 Å². The van der Waals surface area contributed by atoms with E-state index in [9.17, 15) is 4.79 Å². The van der Waals surface area contributed by atoms with Crippen molar-refractivity contribution in [1.82, 2.24) is 0 Å². The molecule has 26 heavy (non-hydrogen) atoms. The second-order valence-electron chi connectivity index (χ2n) is 6.64. The molecule has 1 amide bonds. The van der Waals surface area contributed by atoms with Gasteiger partial charge >= 0.3 is 0 Å². The first-order valence-corrected chi connectivity index (χ1v) is 9.47. The van der Waals surface area contributed by atoms with Crippen LogP contribution in [0.5, 0.6) is 5.75 Å². The molecule has 0 aromatic heterocycles. The minimum Gasteiger partial charge on any atom is -0.488 e. The lowest BCUT2D eigenvalue weighted by molar-refractivity contribution is -1.01. The number of para-hydroxylation sites is 1. The van der Waals surface area contributed by atoms with Crippen LogP contribution >= 0.6 is 11.6 Å². The van der Waals surface area contributed by atoms with Crippen molar-refractivity contribution < 1.29 is 19.3 Å². The summed E-state index contributed by atoms with van der Waals surface area (Å²) in [6, 6.07) is 17.1. The molecular formula is C20H26ClN3O2+2. The van der Waals surface area contributed by atoms with Gasteiger partial charge in [0.25, 0.3) is 5.91 Å². The van der Waals surface area contributed by atoms with Crippen molar-refractivity contribution in [1.29, 1.82) is 0 Å². The summed E-state index contributed by atoms with van der Waals surface area (Å²) in [5.74, 6) is 0.941. The number of quaternary nitrogens is 2. The smallest absolute Gasteiger partial charge is 0.279 e. The number of amides is 1. The Hall–Kier alpha value is -2.08. The summed E-state index contributed by atoms with van der Waals surface area (Å²) in [7, 11) is 0. The monoisotopic (exact) mass is 375 g/mol. The van der Waals surface area contributed by atoms with Crippen LogP contribution in [0.15, 0.2) is 54.6 Å². The normalized spacial score (nSPS) is 19.7. The molecule has 3 rings (SSSR count). The third-order valence-corrected chi connectivity index (χ3v) is 4.92. The number of anilines is 1. The maximum atomic E-state index is 12.1. The molecule has 2 aromatic rings. The van der Waals surface area contributed by atoms with Crippen LogP contribution in [0.4, 0.5) is 5.69 Å². The zero-order valence-corrected chi connectivity index (χ0v) is 15.6. The molecule has 0 bridgehead atoms. The summed E-state index contributed by atoms with van der Waals surface area (Å²) >= 11 is 5.87. The van der Waals surface area contributed by atoms with E-state index >= 15 is 0 Å². The maximum Gasteiger partial charge on any atom is 0.279 e. The van der Waals surface area contributed by atoms with Gasteiger partial charge in [-0.1, -0.05) is 29.8 Å². The van der Waals surface area contributed by atoms with Crippen molar-refractivity contribution in [2.24, 2.45) is 0 Å². The molecule has 1 heterocycles. The number of ether oxygens (including phenoxy) is 1. The van der Waals surface area contributed by atoms with E-state index in [0.717, 1.165) is 49.2 Å². The number of halogens is 1. The Morgan fingerprint density at radius 1 is 0.962 bits per heavy atom. The fraction of sp³-hybridized carbons (Fsp3) is 0.350. The molecule has 0 atom stereocenters. The van der Waals surface area contributed by atoms with Crippen LogP contribution in [0.25, 0.3) is 0 Å². The number of hydrogen-bond acceptors (Lipinski definition) is 2. The van der Waals surface area contributed by atoms with Gasteiger partial charge in [0.05, 0.1) is 0 Å². The quantitative estimate of drug-likeness (QED) is 0.645. The molecule has 1 fully saturated rings. The largest absolute Gasteiger partial charge is 0.488 e. The van der Waals surface area contributed by atoms with E-state index in [0.29, 0.717) is 13.2 Å². The van der Waals surface area contributed by atoms with E-state index in [2.05, 4.69) is 5.32 Å². The molecule has 3 N–H and O–H groups in total. The highest BCUT2D eigenvalue weighted by Gasteiger charge is 2.24. The molecule has 0 aliphatic carbocycles. The van der Waals surface area contributed by atoms with E-state index in [4.69, 9.17) is 16.3 Å². The first-order valence-electron chi connectivity index (χ1n) is 9.09. The number of piperazine rings is 1. The minimum atomic E-state index is 0.0840. The molecule has 0 spiro atoms. The fourth-order valence-corrected chi connectivity index (χ4v) is 3.31. The zero-order valence-electron chi connectivity index (χ0n) is 14.8. The Morgan fingerprint density at radius 3 is 2.31 bits per heavy atom. The Kier molecular flexibility index (Phi) is 6.89. The number of hydrogen-bond donors (Lipinski definition) is 3. The van der Waals surface area contributed by atoms with Gasteiger partial charge in [0.15, 0.2) is 6.54 Å². The van der Waals surface area contributed by atoms with Gasteiger partial charge in [-0.15, -0.1) is 0 Å². The second-order valence-corrected chi connectivity index (χ2v) is 7.08. The number of carbonyl (C=O) groups excluding carboxylic acids is 1. The van der Waals surface area contributed by atoms with Gasteiger partial charge in [0.2, 0.25) is 0 Å². The van der Waals surface area contributed by atoms with Crippen LogP contribution in [0, 0.1) is 0 Å². The van der Waals surface area contributed by atoms with Gasteiger partial charge < -0.3 is 19.9 Å². The molecule has 0 saturated carbocycles. The maximum absolute atomic E-state index is 12.1. The molecule has 2 aromatic carbocycles. The van der Waals surface area contributed by atoms with Gasteiger partial charge in [-0.3, -0.25) is 4.79 Å². The Labute approximate surface area is 159 Å². The van der Waals surface area contributed by atoms with E-state index < -0.39 is 0 Å². The molecule has 0 unspecified atom stereocenters. The van der Waals surface area contributed by atoms with Crippen LogP contribution in [0.3, 0.4) is 0 Å². The van der Waals surface area contributed by atoms with E-state index in [1.807, 2.05) is 54.6 Å². The Morgan fingerprint density at radius 2 is 1.62 bits per heavy atom. The van der Waals surface area contributed by atoms with Crippen molar-refractivity contribution in [3.63, 3.8) is 0 Å². The lowest BCUT2D eigenvalue weighted by Crippen LogP contribution is -3.28. The van der Waals surface area contributed by atoms with Crippen LogP contribution in [-0.2, 0) is 4.79 Å². The SMILES string of the molecule is O=C(C[NH+]1CC[NH+](CCOc2ccc(Cl)cc2)CC1)Nc1ccccc1. The standard InChI is InChI=1S/C20H24ClN3O2/c21-17-6-8-19(9-7-17)26-15-14-23-10-12-24(13-11-23)16-20(25)22-18-4-2-1-3-5-18/h1-9H,10-16H2,(H,22,25)/p+2. The van der Waals surface area contributed by atoms with E-state index in [1.54, 1.807) is 0 Å². The van der Waals surface area contributed by atoms with Crippen molar-refractivity contribution in [2.45, 2.75) is 0 Å². The van der Waals surface area contributed by atoms with Crippen LogP contribution < -0.4 is 19.9 Å². The predicted octanol–water partition coefficient (Wildman–Crippen LogP) is 0.141. The average Bonchev–Trinajstić information content (AvgIpc) is 2.65. The number of carbonyl (C=O) groups is 1. The first kappa shape index (κ1) is 18.7. The lowest BCUT2D eigenvalue weighted by Gasteiger charge is -2.29. The number of rotatable bonds is 7. The summed E-state index contributed by atoms with van der Waals surface area (Å²) in [4.78, 5) is 15.0. The first-order chi connectivity index (χ1) is 12.7. The number of nitrogens with one attached hydrogen (secondary N) is 3. The topological polar surface area (TPSA) is 47.2 Å². The highest BCUT2D eigenvalue weighted by molar-refractivity contribution is 6.30. The molecule has 5 nitrogen and oxygen atoms in total. The molecule has 138 valence electrons. The third-order valence-electron chi connectivity index (χ3n) is 4.67. The highest BCUT2D eigenvalue weighted by atomic mass is 35.5. The van der Waals surface area contributed by atoms with Crippen LogP contribution in [-0.4, -0.2) is 51.8 Å². The van der Waals surface area contributed by atoms with Crippen molar-refractivity contribution in [3.8, 4) is 5.75 Å². The molecule has 1 aliphatic heterocycles. The summed E-state index contributed by atoms with van der Waals surface area (Å²) in [6.45, 7) is 6.36. The highest BCUT2D eigenvalue weighted by Crippen LogP contribution is 2.14. The Bertz CT molecular complexity index is 686. The van der Waals surface area contributed by atoms with Gasteiger partial charge in [-0.05, 0) is 36.4 Å². The summed E-state index contributed by atoms with van der Waals surface area (Å²) in [5, 5.41) is 3.68. The van der Waals surface area contributed by atoms with Crippen molar-refractivity contribution in [3.05, 3.63) is 59.6 Å². The fourth-order valence-electron chi connectivity index (χ4n) is 3.18. The third kappa shape index (κ3) is 6.02. The van der Waals surface area contributed by atoms with E-state index in [-0.39, 0.29) is 5.91 Å². The second kappa shape index (κ2) is 9.57. The van der Waals surface area contributed by atoms with E-state index in [1.165, 1.54) is 9.80 Å². The summed E-state index contributed by atoms with van der Waals surface area (Å²) < 4.78 is 5.77. The number of benzene rings is 2. The molecular weight excluding hydrogens is 350 g/mol. The van der Waals surface area contributed by atoms with Crippen LogP contribution in [0.2, 0.25) is 5.02 Å². The zero-order chi connectivity index (χ0) is 18.2. The van der Waals surface area contributed by atoms with Crippen molar-refractivity contribution in [2.75, 3.05) is 51.2 Å². The summed E-state index contributed by atoms with van der Waals surface area (Å²) in [6.07, 6.45) is 0. The average molecular weight is 376 g/mol. The van der Waals surface area contributed by atoms with Crippen molar-refractivity contribution >= 4 is 23.2 Å². The van der Waals surface area contributed by atoms with Crippen LogP contribution in [0.1, 0.15) is 0 Å². The van der Waals surface area contributed by atoms with Gasteiger partial charge in [0, 0.05) is 10.7 Å². The predicted molar refractivity (Wildman–Crippen MR) is 103 cm³/mol. The summed E-state index contributed by atoms with van der Waals surface area (Å²) in [5.41, 5.74) is 0.862. The molecule has 1 aliphatic rings. The Balaban J connectivity index is 1.32.